The van der Waals surface area contributed by atoms with E-state index in [-0.39, 0.29) is 0 Å². The van der Waals surface area contributed by atoms with Crippen LogP contribution in [0.4, 0.5) is 5.69 Å². The first kappa shape index (κ1) is 13.0. The standard InChI is InChI=1S/C14H16ClNO2/c1-2-16(10-6-7-10)13-5-3-4-12(15)11(13)8-9-14(17)18/h3-5,8-10H,2,6-7H2,1H3,(H,17,18)/b9-8+. The molecule has 0 saturated heterocycles. The van der Waals surface area contributed by atoms with Crippen LogP contribution in [0.15, 0.2) is 24.3 Å². The molecular weight excluding hydrogens is 250 g/mol. The Hall–Kier alpha value is -1.48. The summed E-state index contributed by atoms with van der Waals surface area (Å²) in [6, 6.07) is 6.26. The minimum Gasteiger partial charge on any atom is -0.478 e. The number of hydrogen-bond donors (Lipinski definition) is 1. The van der Waals surface area contributed by atoms with Crippen molar-refractivity contribution >= 4 is 29.3 Å². The van der Waals surface area contributed by atoms with Gasteiger partial charge in [-0.25, -0.2) is 4.79 Å². The highest BCUT2D eigenvalue weighted by atomic mass is 35.5. The van der Waals surface area contributed by atoms with Crippen LogP contribution in [0.5, 0.6) is 0 Å². The van der Waals surface area contributed by atoms with Gasteiger partial charge in [-0.3, -0.25) is 0 Å². The lowest BCUT2D eigenvalue weighted by Crippen LogP contribution is -2.25. The highest BCUT2D eigenvalue weighted by Crippen LogP contribution is 2.36. The molecule has 0 amide bonds. The number of anilines is 1. The normalized spacial score (nSPS) is 15.0. The van der Waals surface area contributed by atoms with Crippen molar-refractivity contribution in [3.63, 3.8) is 0 Å². The van der Waals surface area contributed by atoms with Crippen molar-refractivity contribution in [2.75, 3.05) is 11.4 Å². The third-order valence-corrected chi connectivity index (χ3v) is 3.39. The maximum Gasteiger partial charge on any atom is 0.328 e. The molecule has 1 aromatic carbocycles. The molecule has 1 aliphatic rings. The zero-order valence-corrected chi connectivity index (χ0v) is 11.0. The fourth-order valence-electron chi connectivity index (χ4n) is 2.11. The van der Waals surface area contributed by atoms with Crippen LogP contribution in [0.2, 0.25) is 5.02 Å². The van der Waals surface area contributed by atoms with Gasteiger partial charge in [-0.2, -0.15) is 0 Å². The number of carboxylic acid groups (broad SMARTS) is 1. The van der Waals surface area contributed by atoms with E-state index in [2.05, 4.69) is 11.8 Å². The van der Waals surface area contributed by atoms with Crippen LogP contribution >= 0.6 is 11.6 Å². The minimum absolute atomic E-state index is 0.574. The minimum atomic E-state index is -0.963. The van der Waals surface area contributed by atoms with Gasteiger partial charge in [0.15, 0.2) is 0 Å². The largest absolute Gasteiger partial charge is 0.478 e. The van der Waals surface area contributed by atoms with E-state index in [9.17, 15) is 4.79 Å². The van der Waals surface area contributed by atoms with Gasteiger partial charge in [0.25, 0.3) is 0 Å². The van der Waals surface area contributed by atoms with Crippen molar-refractivity contribution in [1.29, 1.82) is 0 Å². The average molecular weight is 266 g/mol. The Labute approximate surface area is 112 Å². The summed E-state index contributed by atoms with van der Waals surface area (Å²) < 4.78 is 0. The maximum absolute atomic E-state index is 10.6. The Morgan fingerprint density at radius 3 is 2.83 bits per heavy atom. The number of benzene rings is 1. The van der Waals surface area contributed by atoms with Crippen molar-refractivity contribution in [1.82, 2.24) is 0 Å². The number of carboxylic acids is 1. The van der Waals surface area contributed by atoms with E-state index in [0.717, 1.165) is 23.9 Å². The molecule has 2 rings (SSSR count). The van der Waals surface area contributed by atoms with Crippen molar-refractivity contribution in [3.05, 3.63) is 34.9 Å². The summed E-state index contributed by atoms with van der Waals surface area (Å²) in [5.41, 5.74) is 1.81. The molecule has 0 spiro atoms. The molecule has 18 heavy (non-hydrogen) atoms. The summed E-state index contributed by atoms with van der Waals surface area (Å²) in [5, 5.41) is 9.32. The summed E-state index contributed by atoms with van der Waals surface area (Å²) in [6.45, 7) is 3.00. The van der Waals surface area contributed by atoms with E-state index in [4.69, 9.17) is 16.7 Å². The van der Waals surface area contributed by atoms with Crippen molar-refractivity contribution in [2.24, 2.45) is 0 Å². The first-order chi connectivity index (χ1) is 8.63. The van der Waals surface area contributed by atoms with Gasteiger partial charge in [0, 0.05) is 34.9 Å². The van der Waals surface area contributed by atoms with Crippen molar-refractivity contribution in [3.8, 4) is 0 Å². The van der Waals surface area contributed by atoms with E-state index in [1.54, 1.807) is 12.1 Å². The maximum atomic E-state index is 10.6. The molecule has 1 aliphatic carbocycles. The number of halogens is 1. The monoisotopic (exact) mass is 265 g/mol. The molecule has 0 radical (unpaired) electrons. The molecule has 96 valence electrons. The second-order valence-corrected chi connectivity index (χ2v) is 4.77. The summed E-state index contributed by atoms with van der Waals surface area (Å²) in [6.07, 6.45) is 5.10. The number of rotatable bonds is 5. The predicted molar refractivity (Wildman–Crippen MR) is 74.2 cm³/mol. The van der Waals surface area contributed by atoms with Crippen molar-refractivity contribution < 1.29 is 9.90 Å². The van der Waals surface area contributed by atoms with Gasteiger partial charge in [-0.15, -0.1) is 0 Å². The Bertz CT molecular complexity index is 481. The smallest absolute Gasteiger partial charge is 0.328 e. The molecule has 0 unspecified atom stereocenters. The molecular formula is C14H16ClNO2. The molecule has 1 saturated carbocycles. The number of carbonyl (C=O) groups is 1. The first-order valence-corrected chi connectivity index (χ1v) is 6.47. The van der Waals surface area contributed by atoms with Crippen LogP contribution in [0.25, 0.3) is 6.08 Å². The number of hydrogen-bond acceptors (Lipinski definition) is 2. The highest BCUT2D eigenvalue weighted by molar-refractivity contribution is 6.32. The molecule has 0 aromatic heterocycles. The van der Waals surface area contributed by atoms with Crippen molar-refractivity contribution in [2.45, 2.75) is 25.8 Å². The van der Waals surface area contributed by atoms with Gasteiger partial charge < -0.3 is 10.0 Å². The Morgan fingerprint density at radius 2 is 2.28 bits per heavy atom. The summed E-state index contributed by atoms with van der Waals surface area (Å²) in [7, 11) is 0. The van der Waals surface area contributed by atoms with Gasteiger partial charge in [-0.1, -0.05) is 17.7 Å². The molecule has 0 atom stereocenters. The third-order valence-electron chi connectivity index (χ3n) is 3.06. The van der Waals surface area contributed by atoms with Gasteiger partial charge in [0.2, 0.25) is 0 Å². The lowest BCUT2D eigenvalue weighted by atomic mass is 10.1. The lowest BCUT2D eigenvalue weighted by molar-refractivity contribution is -0.131. The molecule has 3 nitrogen and oxygen atoms in total. The zero-order valence-electron chi connectivity index (χ0n) is 10.3. The zero-order chi connectivity index (χ0) is 13.1. The Kier molecular flexibility index (Phi) is 3.92. The van der Waals surface area contributed by atoms with Gasteiger partial charge in [0.05, 0.1) is 0 Å². The van der Waals surface area contributed by atoms with Crippen LogP contribution < -0.4 is 4.90 Å². The summed E-state index contributed by atoms with van der Waals surface area (Å²) >= 11 is 6.17. The van der Waals surface area contributed by atoms with Crippen LogP contribution in [0, 0.1) is 0 Å². The third kappa shape index (κ3) is 2.85. The van der Waals surface area contributed by atoms with E-state index in [1.165, 1.54) is 12.8 Å². The first-order valence-electron chi connectivity index (χ1n) is 6.09. The Balaban J connectivity index is 2.39. The summed E-state index contributed by atoms with van der Waals surface area (Å²) in [4.78, 5) is 12.9. The second-order valence-electron chi connectivity index (χ2n) is 4.36. The lowest BCUT2D eigenvalue weighted by Gasteiger charge is -2.25. The fourth-order valence-corrected chi connectivity index (χ4v) is 2.34. The van der Waals surface area contributed by atoms with Gasteiger partial charge in [-0.05, 0) is 38.0 Å². The molecule has 0 aliphatic heterocycles. The average Bonchev–Trinajstić information content (AvgIpc) is 3.13. The van der Waals surface area contributed by atoms with Crippen LogP contribution in [-0.4, -0.2) is 23.7 Å². The van der Waals surface area contributed by atoms with Crippen LogP contribution in [-0.2, 0) is 4.79 Å². The molecule has 1 aromatic rings. The van der Waals surface area contributed by atoms with E-state index < -0.39 is 5.97 Å². The van der Waals surface area contributed by atoms with Crippen LogP contribution in [0.1, 0.15) is 25.3 Å². The quantitative estimate of drug-likeness (QED) is 0.830. The van der Waals surface area contributed by atoms with Gasteiger partial charge in [0.1, 0.15) is 0 Å². The van der Waals surface area contributed by atoms with E-state index in [1.807, 2.05) is 12.1 Å². The second kappa shape index (κ2) is 5.44. The number of aliphatic carboxylic acids is 1. The highest BCUT2D eigenvalue weighted by Gasteiger charge is 2.29. The number of nitrogens with zero attached hydrogens (tertiary/aromatic N) is 1. The topological polar surface area (TPSA) is 40.5 Å². The Morgan fingerprint density at radius 1 is 1.56 bits per heavy atom. The van der Waals surface area contributed by atoms with E-state index >= 15 is 0 Å². The van der Waals surface area contributed by atoms with Crippen LogP contribution in [0.3, 0.4) is 0 Å². The van der Waals surface area contributed by atoms with E-state index in [0.29, 0.717) is 11.1 Å². The predicted octanol–water partition coefficient (Wildman–Crippen LogP) is 3.43. The van der Waals surface area contributed by atoms with Gasteiger partial charge >= 0.3 is 5.97 Å². The SMILES string of the molecule is CCN(c1cccc(Cl)c1/C=C/C(=O)O)C1CC1. The molecule has 1 N–H and O–H groups in total. The molecule has 0 bridgehead atoms. The molecule has 0 heterocycles. The fraction of sp³-hybridized carbons (Fsp3) is 0.357. The molecule has 1 fully saturated rings. The molecule has 4 heteroatoms. The summed E-state index contributed by atoms with van der Waals surface area (Å²) in [5.74, 6) is -0.963.